The zero-order valence-electron chi connectivity index (χ0n) is 13.4. The Hall–Kier alpha value is -2.77. The predicted octanol–water partition coefficient (Wildman–Crippen LogP) is 2.09. The normalized spacial score (nSPS) is 16.6. The van der Waals surface area contributed by atoms with E-state index < -0.39 is 6.09 Å². The molecule has 1 fully saturated rings. The fourth-order valence-electron chi connectivity index (χ4n) is 2.82. The first-order valence-electron chi connectivity index (χ1n) is 7.87. The average molecular weight is 329 g/mol. The first kappa shape index (κ1) is 16.1. The third kappa shape index (κ3) is 3.76. The molecule has 1 saturated heterocycles. The van der Waals surface area contributed by atoms with Crippen LogP contribution in [0.25, 0.3) is 11.3 Å². The van der Waals surface area contributed by atoms with Crippen LogP contribution in [0, 0.1) is 5.92 Å². The van der Waals surface area contributed by atoms with Crippen molar-refractivity contribution < 1.29 is 14.6 Å². The highest BCUT2D eigenvalue weighted by molar-refractivity contribution is 5.65. The van der Waals surface area contributed by atoms with E-state index in [1.165, 1.54) is 4.90 Å². The molecule has 2 aromatic rings. The van der Waals surface area contributed by atoms with Crippen LogP contribution in [0.5, 0.6) is 5.88 Å². The lowest BCUT2D eigenvalue weighted by molar-refractivity contribution is 0.0788. The number of hydrogen-bond acceptors (Lipinski definition) is 6. The van der Waals surface area contributed by atoms with Gasteiger partial charge >= 0.3 is 6.09 Å². The Morgan fingerprint density at radius 3 is 2.62 bits per heavy atom. The molecule has 3 rings (SSSR count). The smallest absolute Gasteiger partial charge is 0.407 e. The summed E-state index contributed by atoms with van der Waals surface area (Å²) in [6.45, 7) is 3.09. The minimum atomic E-state index is -0.853. The number of hydrogen-bond donors (Lipinski definition) is 1. The summed E-state index contributed by atoms with van der Waals surface area (Å²) in [6, 6.07) is 1.82. The van der Waals surface area contributed by atoms with Crippen molar-refractivity contribution in [3.8, 4) is 17.1 Å². The zero-order valence-corrected chi connectivity index (χ0v) is 13.4. The fourth-order valence-corrected chi connectivity index (χ4v) is 2.82. The number of aromatic nitrogens is 4. The lowest BCUT2D eigenvalue weighted by Gasteiger charge is -2.33. The molecule has 0 aromatic carbocycles. The number of amides is 1. The van der Waals surface area contributed by atoms with Gasteiger partial charge in [0.2, 0.25) is 5.88 Å². The van der Waals surface area contributed by atoms with Crippen molar-refractivity contribution in [3.05, 3.63) is 30.9 Å². The lowest BCUT2D eigenvalue weighted by atomic mass is 9.92. The van der Waals surface area contributed by atoms with E-state index in [0.29, 0.717) is 30.6 Å². The van der Waals surface area contributed by atoms with E-state index in [4.69, 9.17) is 9.84 Å². The minimum absolute atomic E-state index is 0.0383. The number of rotatable bonds is 4. The third-order valence-electron chi connectivity index (χ3n) is 4.29. The number of ether oxygens (including phenoxy) is 1. The molecular formula is C16H19N5O3. The first-order valence-corrected chi connectivity index (χ1v) is 7.87. The minimum Gasteiger partial charge on any atom is -0.473 e. The standard InChI is InChI=1S/C16H19N5O3/c1-11(12-3-6-21(7-4-12)16(22)23)24-15-10-17-14(9-18-15)13-2-5-19-20-8-13/h2,5,8-12H,3-4,6-7H2,1H3,(H,22,23)/t11-/m0/s1. The largest absolute Gasteiger partial charge is 0.473 e. The van der Waals surface area contributed by atoms with Crippen LogP contribution in [0.3, 0.4) is 0 Å². The van der Waals surface area contributed by atoms with Crippen molar-refractivity contribution >= 4 is 6.09 Å². The van der Waals surface area contributed by atoms with Crippen LogP contribution in [-0.2, 0) is 0 Å². The van der Waals surface area contributed by atoms with Gasteiger partial charge in [0.05, 0.1) is 30.5 Å². The van der Waals surface area contributed by atoms with Crippen LogP contribution in [0.4, 0.5) is 4.79 Å². The molecule has 1 N–H and O–H groups in total. The maximum Gasteiger partial charge on any atom is 0.407 e. The second kappa shape index (κ2) is 7.20. The van der Waals surface area contributed by atoms with Crippen LogP contribution >= 0.6 is 0 Å². The Kier molecular flexibility index (Phi) is 4.83. The van der Waals surface area contributed by atoms with Crippen molar-refractivity contribution in [2.75, 3.05) is 13.1 Å². The first-order chi connectivity index (χ1) is 11.6. The van der Waals surface area contributed by atoms with Crippen molar-refractivity contribution in [3.63, 3.8) is 0 Å². The van der Waals surface area contributed by atoms with E-state index in [2.05, 4.69) is 20.2 Å². The summed E-state index contributed by atoms with van der Waals surface area (Å²) in [5.41, 5.74) is 1.55. The van der Waals surface area contributed by atoms with Crippen LogP contribution in [0.15, 0.2) is 30.9 Å². The molecule has 8 nitrogen and oxygen atoms in total. The van der Waals surface area contributed by atoms with E-state index in [9.17, 15) is 4.79 Å². The molecule has 0 aliphatic carbocycles. The number of nitrogens with zero attached hydrogens (tertiary/aromatic N) is 5. The zero-order chi connectivity index (χ0) is 16.9. The third-order valence-corrected chi connectivity index (χ3v) is 4.29. The number of carboxylic acid groups (broad SMARTS) is 1. The summed E-state index contributed by atoms with van der Waals surface area (Å²) >= 11 is 0. The van der Waals surface area contributed by atoms with E-state index in [-0.39, 0.29) is 6.10 Å². The Balaban J connectivity index is 1.57. The Morgan fingerprint density at radius 2 is 2.04 bits per heavy atom. The van der Waals surface area contributed by atoms with Gasteiger partial charge in [0, 0.05) is 18.7 Å². The summed E-state index contributed by atoms with van der Waals surface area (Å²) in [6.07, 6.45) is 7.17. The highest BCUT2D eigenvalue weighted by Crippen LogP contribution is 2.24. The van der Waals surface area contributed by atoms with Crippen molar-refractivity contribution in [1.82, 2.24) is 25.1 Å². The molecule has 0 spiro atoms. The van der Waals surface area contributed by atoms with Gasteiger partial charge in [0.15, 0.2) is 0 Å². The Bertz CT molecular complexity index is 672. The van der Waals surface area contributed by atoms with Crippen LogP contribution < -0.4 is 4.74 Å². The SMILES string of the molecule is C[C@H](Oc1cnc(-c2ccnnc2)cn1)C1CCN(C(=O)O)CC1. The van der Waals surface area contributed by atoms with Crippen LogP contribution in [0.2, 0.25) is 0 Å². The number of carbonyl (C=O) groups is 1. The van der Waals surface area contributed by atoms with E-state index >= 15 is 0 Å². The van der Waals surface area contributed by atoms with Crippen molar-refractivity contribution in [2.45, 2.75) is 25.9 Å². The Morgan fingerprint density at radius 1 is 1.25 bits per heavy atom. The van der Waals surface area contributed by atoms with Crippen LogP contribution in [0.1, 0.15) is 19.8 Å². The van der Waals surface area contributed by atoms with Gasteiger partial charge in [-0.3, -0.25) is 0 Å². The molecule has 2 aromatic heterocycles. The molecule has 0 bridgehead atoms. The predicted molar refractivity (Wildman–Crippen MR) is 85.5 cm³/mol. The summed E-state index contributed by atoms with van der Waals surface area (Å²) < 4.78 is 5.87. The summed E-state index contributed by atoms with van der Waals surface area (Å²) in [7, 11) is 0. The van der Waals surface area contributed by atoms with Gasteiger partial charge in [-0.25, -0.2) is 14.8 Å². The summed E-state index contributed by atoms with van der Waals surface area (Å²) in [5.74, 6) is 0.778. The van der Waals surface area contributed by atoms with Gasteiger partial charge in [0.1, 0.15) is 6.10 Å². The molecule has 1 aliphatic rings. The monoisotopic (exact) mass is 329 g/mol. The van der Waals surface area contributed by atoms with Gasteiger partial charge in [-0.15, -0.1) is 0 Å². The van der Waals surface area contributed by atoms with Gasteiger partial charge in [-0.05, 0) is 31.7 Å². The number of piperidine rings is 1. The molecule has 0 unspecified atom stereocenters. The van der Waals surface area contributed by atoms with Gasteiger partial charge < -0.3 is 14.7 Å². The fraction of sp³-hybridized carbons (Fsp3) is 0.438. The molecule has 24 heavy (non-hydrogen) atoms. The summed E-state index contributed by atoms with van der Waals surface area (Å²) in [5, 5.41) is 16.5. The lowest BCUT2D eigenvalue weighted by Crippen LogP contribution is -2.41. The maximum atomic E-state index is 10.9. The van der Waals surface area contributed by atoms with Gasteiger partial charge in [0.25, 0.3) is 0 Å². The highest BCUT2D eigenvalue weighted by atomic mass is 16.5. The molecule has 8 heteroatoms. The quantitative estimate of drug-likeness (QED) is 0.916. The topological polar surface area (TPSA) is 101 Å². The molecule has 1 atom stereocenters. The van der Waals surface area contributed by atoms with Gasteiger partial charge in [-0.1, -0.05) is 0 Å². The van der Waals surface area contributed by atoms with Crippen LogP contribution in [-0.4, -0.2) is 55.5 Å². The second-order valence-corrected chi connectivity index (χ2v) is 5.80. The molecular weight excluding hydrogens is 310 g/mol. The van der Waals surface area contributed by atoms with Crippen molar-refractivity contribution in [1.29, 1.82) is 0 Å². The van der Waals surface area contributed by atoms with Crippen molar-refractivity contribution in [2.24, 2.45) is 5.92 Å². The summed E-state index contributed by atoms with van der Waals surface area (Å²) in [4.78, 5) is 21.0. The maximum absolute atomic E-state index is 10.9. The second-order valence-electron chi connectivity index (χ2n) is 5.80. The van der Waals surface area contributed by atoms with E-state index in [1.54, 1.807) is 24.8 Å². The average Bonchev–Trinajstić information content (AvgIpc) is 2.63. The molecule has 126 valence electrons. The number of likely N-dealkylation sites (tertiary alicyclic amines) is 1. The molecule has 1 aliphatic heterocycles. The van der Waals surface area contributed by atoms with Gasteiger partial charge in [-0.2, -0.15) is 10.2 Å². The molecule has 0 radical (unpaired) electrons. The van der Waals surface area contributed by atoms with E-state index in [0.717, 1.165) is 18.4 Å². The molecule has 1 amide bonds. The molecule has 3 heterocycles. The molecule has 0 saturated carbocycles. The Labute approximate surface area is 139 Å². The highest BCUT2D eigenvalue weighted by Gasteiger charge is 2.27. The van der Waals surface area contributed by atoms with E-state index in [1.807, 2.05) is 13.0 Å².